The number of carbonyl (C=O) groups excluding carboxylic acids is 2. The van der Waals surface area contributed by atoms with Gasteiger partial charge in [0.05, 0.1) is 19.4 Å². The van der Waals surface area contributed by atoms with Crippen molar-refractivity contribution in [2.24, 2.45) is 16.9 Å². The van der Waals surface area contributed by atoms with Crippen molar-refractivity contribution < 1.29 is 14.3 Å². The van der Waals surface area contributed by atoms with E-state index in [2.05, 4.69) is 24.3 Å². The molecule has 1 N–H and O–H groups in total. The second-order valence-corrected chi connectivity index (χ2v) is 7.98. The zero-order valence-corrected chi connectivity index (χ0v) is 17.1. The molecule has 0 radical (unpaired) electrons. The van der Waals surface area contributed by atoms with Gasteiger partial charge in [0.1, 0.15) is 5.75 Å². The predicted molar refractivity (Wildman–Crippen MR) is 109 cm³/mol. The summed E-state index contributed by atoms with van der Waals surface area (Å²) < 4.78 is 5.19. The molecular weight excluding hydrogens is 354 g/mol. The minimum atomic E-state index is -0.0234. The van der Waals surface area contributed by atoms with Crippen LogP contribution in [0.4, 0.5) is 0 Å². The van der Waals surface area contributed by atoms with E-state index in [0.717, 1.165) is 29.9 Å². The number of carbonyl (C=O) groups is 2. The predicted octanol–water partition coefficient (Wildman–Crippen LogP) is 3.35. The minimum absolute atomic E-state index is 0.00511. The SMILES string of the molecule is COc1ccc(C2=NN(CCC(=O)N[C@@H]3CCC[C@@H](C)[C@@H]3C)C(=O)CC2)cc1. The molecule has 0 unspecified atom stereocenters. The Bertz CT molecular complexity index is 729. The van der Waals surface area contributed by atoms with E-state index in [1.807, 2.05) is 24.3 Å². The van der Waals surface area contributed by atoms with Crippen molar-refractivity contribution in [1.82, 2.24) is 10.3 Å². The summed E-state index contributed by atoms with van der Waals surface area (Å²) in [4.78, 5) is 24.7. The zero-order chi connectivity index (χ0) is 20.1. The lowest BCUT2D eigenvalue weighted by Crippen LogP contribution is -2.44. The van der Waals surface area contributed by atoms with E-state index in [4.69, 9.17) is 4.74 Å². The van der Waals surface area contributed by atoms with E-state index in [1.165, 1.54) is 11.4 Å². The summed E-state index contributed by atoms with van der Waals surface area (Å²) >= 11 is 0. The molecule has 3 atom stereocenters. The van der Waals surface area contributed by atoms with Crippen molar-refractivity contribution in [1.29, 1.82) is 0 Å². The van der Waals surface area contributed by atoms with Gasteiger partial charge in [-0.15, -0.1) is 0 Å². The van der Waals surface area contributed by atoms with Crippen LogP contribution in [0.2, 0.25) is 0 Å². The molecule has 2 aliphatic rings. The first kappa shape index (κ1) is 20.4. The molecule has 0 saturated heterocycles. The van der Waals surface area contributed by atoms with Crippen LogP contribution in [0.15, 0.2) is 29.4 Å². The van der Waals surface area contributed by atoms with Crippen molar-refractivity contribution in [2.75, 3.05) is 13.7 Å². The third kappa shape index (κ3) is 4.91. The van der Waals surface area contributed by atoms with Crippen LogP contribution in [0.3, 0.4) is 0 Å². The average molecular weight is 386 g/mol. The first-order chi connectivity index (χ1) is 13.5. The van der Waals surface area contributed by atoms with Crippen molar-refractivity contribution in [3.05, 3.63) is 29.8 Å². The van der Waals surface area contributed by atoms with Crippen molar-refractivity contribution in [2.45, 2.75) is 58.4 Å². The zero-order valence-electron chi connectivity index (χ0n) is 17.1. The number of hydrogen-bond donors (Lipinski definition) is 1. The summed E-state index contributed by atoms with van der Waals surface area (Å²) in [6.45, 7) is 4.79. The number of benzene rings is 1. The number of hydrazone groups is 1. The van der Waals surface area contributed by atoms with Gasteiger partial charge < -0.3 is 10.1 Å². The van der Waals surface area contributed by atoms with Crippen LogP contribution in [-0.2, 0) is 9.59 Å². The highest BCUT2D eigenvalue weighted by atomic mass is 16.5. The van der Waals surface area contributed by atoms with Gasteiger partial charge >= 0.3 is 0 Å². The van der Waals surface area contributed by atoms with Crippen LogP contribution in [0.1, 0.15) is 57.9 Å². The van der Waals surface area contributed by atoms with Gasteiger partial charge in [-0.2, -0.15) is 5.10 Å². The molecule has 0 aromatic heterocycles. The highest BCUT2D eigenvalue weighted by Crippen LogP contribution is 2.29. The Labute approximate surface area is 167 Å². The average Bonchev–Trinajstić information content (AvgIpc) is 2.71. The number of hydrogen-bond acceptors (Lipinski definition) is 4. The fourth-order valence-electron chi connectivity index (χ4n) is 4.04. The van der Waals surface area contributed by atoms with Gasteiger partial charge in [0.15, 0.2) is 0 Å². The van der Waals surface area contributed by atoms with E-state index in [0.29, 0.717) is 31.2 Å². The maximum Gasteiger partial charge on any atom is 0.243 e. The van der Waals surface area contributed by atoms with Gasteiger partial charge in [-0.25, -0.2) is 5.01 Å². The van der Waals surface area contributed by atoms with Gasteiger partial charge in [0.25, 0.3) is 0 Å². The van der Waals surface area contributed by atoms with E-state index in [9.17, 15) is 9.59 Å². The standard InChI is InChI=1S/C22H31N3O3/c1-15-5-4-6-19(16(15)2)23-21(26)13-14-25-22(27)12-11-20(24-25)17-7-9-18(28-3)10-8-17/h7-10,15-16,19H,4-6,11-14H2,1-3H3,(H,23,26)/t15-,16+,19-/m1/s1. The molecule has 1 aromatic carbocycles. The number of nitrogens with one attached hydrogen (secondary N) is 1. The Morgan fingerprint density at radius 2 is 1.96 bits per heavy atom. The lowest BCUT2D eigenvalue weighted by atomic mass is 9.78. The third-order valence-electron chi connectivity index (χ3n) is 6.13. The minimum Gasteiger partial charge on any atom is -0.497 e. The van der Waals surface area contributed by atoms with Crippen molar-refractivity contribution in [3.8, 4) is 5.75 Å². The largest absolute Gasteiger partial charge is 0.497 e. The Morgan fingerprint density at radius 3 is 2.68 bits per heavy atom. The quantitative estimate of drug-likeness (QED) is 0.816. The molecule has 6 heteroatoms. The van der Waals surface area contributed by atoms with Gasteiger partial charge in [-0.3, -0.25) is 9.59 Å². The van der Waals surface area contributed by atoms with Crippen LogP contribution in [0, 0.1) is 11.8 Å². The molecule has 1 aliphatic heterocycles. The van der Waals surface area contributed by atoms with Gasteiger partial charge in [0, 0.05) is 25.3 Å². The van der Waals surface area contributed by atoms with Crippen LogP contribution in [0.5, 0.6) is 5.75 Å². The first-order valence-electron chi connectivity index (χ1n) is 10.3. The molecule has 1 fully saturated rings. The summed E-state index contributed by atoms with van der Waals surface area (Å²) in [5, 5.41) is 9.14. The van der Waals surface area contributed by atoms with E-state index in [1.54, 1.807) is 7.11 Å². The third-order valence-corrected chi connectivity index (χ3v) is 6.13. The summed E-state index contributed by atoms with van der Waals surface area (Å²) in [6, 6.07) is 7.91. The van der Waals surface area contributed by atoms with Crippen LogP contribution in [0.25, 0.3) is 0 Å². The second-order valence-electron chi connectivity index (χ2n) is 7.98. The van der Waals surface area contributed by atoms with Crippen LogP contribution >= 0.6 is 0 Å². The Hall–Kier alpha value is -2.37. The summed E-state index contributed by atoms with van der Waals surface area (Å²) in [6.07, 6.45) is 4.76. The number of ether oxygens (including phenoxy) is 1. The van der Waals surface area contributed by atoms with E-state index in [-0.39, 0.29) is 24.3 Å². The molecule has 1 heterocycles. The summed E-state index contributed by atoms with van der Waals surface area (Å²) in [5.74, 6) is 1.90. The van der Waals surface area contributed by atoms with Gasteiger partial charge in [-0.05, 0) is 48.1 Å². The highest BCUT2D eigenvalue weighted by Gasteiger charge is 2.28. The number of methoxy groups -OCH3 is 1. The number of nitrogens with zero attached hydrogens (tertiary/aromatic N) is 2. The molecule has 0 spiro atoms. The van der Waals surface area contributed by atoms with E-state index >= 15 is 0 Å². The Morgan fingerprint density at radius 1 is 1.21 bits per heavy atom. The van der Waals surface area contributed by atoms with Gasteiger partial charge in [0.2, 0.25) is 11.8 Å². The number of amides is 2. The maximum absolute atomic E-state index is 12.4. The van der Waals surface area contributed by atoms with Gasteiger partial charge in [-0.1, -0.05) is 26.7 Å². The normalized spacial score (nSPS) is 25.2. The smallest absolute Gasteiger partial charge is 0.243 e. The summed E-state index contributed by atoms with van der Waals surface area (Å²) in [5.41, 5.74) is 1.85. The van der Waals surface area contributed by atoms with E-state index < -0.39 is 0 Å². The fraction of sp³-hybridized carbons (Fsp3) is 0.591. The second kappa shape index (κ2) is 9.22. The molecule has 1 saturated carbocycles. The molecule has 1 aromatic rings. The maximum atomic E-state index is 12.4. The molecule has 28 heavy (non-hydrogen) atoms. The molecule has 0 bridgehead atoms. The van der Waals surface area contributed by atoms with Crippen LogP contribution in [-0.4, -0.2) is 42.2 Å². The lowest BCUT2D eigenvalue weighted by molar-refractivity contribution is -0.132. The first-order valence-corrected chi connectivity index (χ1v) is 10.3. The Kier molecular flexibility index (Phi) is 6.70. The topological polar surface area (TPSA) is 71.0 Å². The van der Waals surface area contributed by atoms with Crippen molar-refractivity contribution in [3.63, 3.8) is 0 Å². The molecule has 3 rings (SSSR count). The molecule has 152 valence electrons. The molecule has 6 nitrogen and oxygen atoms in total. The fourth-order valence-corrected chi connectivity index (χ4v) is 4.04. The summed E-state index contributed by atoms with van der Waals surface area (Å²) in [7, 11) is 1.63. The van der Waals surface area contributed by atoms with Crippen LogP contribution < -0.4 is 10.1 Å². The molecule has 2 amide bonds. The van der Waals surface area contributed by atoms with Crippen molar-refractivity contribution >= 4 is 17.5 Å². The molecule has 1 aliphatic carbocycles. The lowest BCUT2D eigenvalue weighted by Gasteiger charge is -2.34. The highest BCUT2D eigenvalue weighted by molar-refractivity contribution is 6.04. The monoisotopic (exact) mass is 385 g/mol. The Balaban J connectivity index is 1.57. The number of rotatable bonds is 6. The molecular formula is C22H31N3O3.